The predicted molar refractivity (Wildman–Crippen MR) is 105 cm³/mol. The lowest BCUT2D eigenvalue weighted by Gasteiger charge is -2.16. The van der Waals surface area contributed by atoms with Crippen LogP contribution in [0, 0.1) is 0 Å². The van der Waals surface area contributed by atoms with E-state index in [4.69, 9.17) is 4.98 Å². The molecular formula is C22H20N4O. The number of rotatable bonds is 5. The van der Waals surface area contributed by atoms with Gasteiger partial charge in [0.2, 0.25) is 0 Å². The number of nitrogens with zero attached hydrogens (tertiary/aromatic N) is 3. The van der Waals surface area contributed by atoms with E-state index in [0.717, 1.165) is 16.9 Å². The molecule has 0 bridgehead atoms. The molecule has 1 amide bonds. The van der Waals surface area contributed by atoms with Gasteiger partial charge in [0.1, 0.15) is 11.5 Å². The first-order valence-electron chi connectivity index (χ1n) is 8.93. The minimum absolute atomic E-state index is 0.207. The van der Waals surface area contributed by atoms with Crippen LogP contribution in [0.3, 0.4) is 0 Å². The maximum atomic E-state index is 12.5. The number of benzene rings is 2. The number of para-hydroxylation sites is 2. The zero-order valence-electron chi connectivity index (χ0n) is 15.0. The second-order valence-electron chi connectivity index (χ2n) is 6.44. The highest BCUT2D eigenvalue weighted by Crippen LogP contribution is 2.22. The maximum Gasteiger partial charge on any atom is 0.270 e. The molecule has 27 heavy (non-hydrogen) atoms. The molecule has 0 aliphatic carbocycles. The summed E-state index contributed by atoms with van der Waals surface area (Å²) in [5, 5.41) is 3.01. The zero-order chi connectivity index (χ0) is 18.6. The first-order valence-corrected chi connectivity index (χ1v) is 8.93. The molecular weight excluding hydrogens is 336 g/mol. The van der Waals surface area contributed by atoms with Gasteiger partial charge in [-0.1, -0.05) is 48.5 Å². The van der Waals surface area contributed by atoms with Crippen LogP contribution in [0.5, 0.6) is 0 Å². The molecule has 4 rings (SSSR count). The molecule has 2 aromatic heterocycles. The highest BCUT2D eigenvalue weighted by molar-refractivity contribution is 5.92. The van der Waals surface area contributed by atoms with Crippen molar-refractivity contribution < 1.29 is 4.79 Å². The molecule has 0 aliphatic rings. The SMILES string of the molecule is CC(NC(=O)c1ccccn1)c1nc2ccccc2n1Cc1ccccc1. The van der Waals surface area contributed by atoms with Gasteiger partial charge in [0, 0.05) is 12.7 Å². The van der Waals surface area contributed by atoms with Crippen molar-refractivity contribution >= 4 is 16.9 Å². The lowest BCUT2D eigenvalue weighted by atomic mass is 10.2. The van der Waals surface area contributed by atoms with Crippen LogP contribution in [0.1, 0.15) is 34.8 Å². The molecule has 5 heteroatoms. The van der Waals surface area contributed by atoms with Crippen molar-refractivity contribution in [3.05, 3.63) is 96.1 Å². The summed E-state index contributed by atoms with van der Waals surface area (Å²) in [6.07, 6.45) is 1.62. The van der Waals surface area contributed by atoms with Crippen LogP contribution in [0.2, 0.25) is 0 Å². The van der Waals surface area contributed by atoms with Gasteiger partial charge in [0.25, 0.3) is 5.91 Å². The Labute approximate surface area is 157 Å². The van der Waals surface area contributed by atoms with Gasteiger partial charge in [-0.2, -0.15) is 0 Å². The third-order valence-electron chi connectivity index (χ3n) is 4.50. The highest BCUT2D eigenvalue weighted by atomic mass is 16.1. The molecule has 2 aromatic carbocycles. The Morgan fingerprint density at radius 3 is 2.52 bits per heavy atom. The van der Waals surface area contributed by atoms with Gasteiger partial charge in [0.15, 0.2) is 0 Å². The van der Waals surface area contributed by atoms with E-state index in [0.29, 0.717) is 12.2 Å². The van der Waals surface area contributed by atoms with Gasteiger partial charge in [0.05, 0.1) is 17.1 Å². The van der Waals surface area contributed by atoms with E-state index < -0.39 is 0 Å². The quantitative estimate of drug-likeness (QED) is 0.589. The third-order valence-corrected chi connectivity index (χ3v) is 4.50. The fraction of sp³-hybridized carbons (Fsp3) is 0.136. The molecule has 0 fully saturated rings. The molecule has 2 heterocycles. The Balaban J connectivity index is 1.68. The number of carbonyl (C=O) groups excluding carboxylic acids is 1. The van der Waals surface area contributed by atoms with Gasteiger partial charge in [-0.3, -0.25) is 9.78 Å². The summed E-state index contributed by atoms with van der Waals surface area (Å²) in [5.74, 6) is 0.616. The number of hydrogen-bond acceptors (Lipinski definition) is 3. The average molecular weight is 356 g/mol. The van der Waals surface area contributed by atoms with Gasteiger partial charge >= 0.3 is 0 Å². The van der Waals surface area contributed by atoms with Crippen LogP contribution in [0.15, 0.2) is 79.0 Å². The standard InChI is InChI=1S/C22H20N4O/c1-16(24-22(27)19-12-7-8-14-23-19)21-25-18-11-5-6-13-20(18)26(21)15-17-9-3-2-4-10-17/h2-14,16H,15H2,1H3,(H,24,27). The fourth-order valence-electron chi connectivity index (χ4n) is 3.19. The number of pyridine rings is 1. The van der Waals surface area contributed by atoms with Gasteiger partial charge < -0.3 is 9.88 Å². The van der Waals surface area contributed by atoms with Crippen molar-refractivity contribution in [2.75, 3.05) is 0 Å². The molecule has 5 nitrogen and oxygen atoms in total. The Morgan fingerprint density at radius 2 is 1.74 bits per heavy atom. The first kappa shape index (κ1) is 17.0. The van der Waals surface area contributed by atoms with E-state index in [2.05, 4.69) is 33.1 Å². The smallest absolute Gasteiger partial charge is 0.270 e. The van der Waals surface area contributed by atoms with Crippen molar-refractivity contribution in [1.29, 1.82) is 0 Å². The Kier molecular flexibility index (Phi) is 4.66. The second kappa shape index (κ2) is 7.41. The number of aromatic nitrogens is 3. The van der Waals surface area contributed by atoms with Gasteiger partial charge in [-0.15, -0.1) is 0 Å². The van der Waals surface area contributed by atoms with Crippen molar-refractivity contribution in [2.24, 2.45) is 0 Å². The van der Waals surface area contributed by atoms with E-state index in [-0.39, 0.29) is 11.9 Å². The number of amides is 1. The minimum Gasteiger partial charge on any atom is -0.341 e. The van der Waals surface area contributed by atoms with Crippen LogP contribution in [0.25, 0.3) is 11.0 Å². The summed E-state index contributed by atoms with van der Waals surface area (Å²) >= 11 is 0. The van der Waals surface area contributed by atoms with Crippen LogP contribution >= 0.6 is 0 Å². The third kappa shape index (κ3) is 3.58. The largest absolute Gasteiger partial charge is 0.341 e. The number of nitrogens with one attached hydrogen (secondary N) is 1. The molecule has 0 saturated carbocycles. The molecule has 0 spiro atoms. The maximum absolute atomic E-state index is 12.5. The van der Waals surface area contributed by atoms with Crippen LogP contribution in [-0.4, -0.2) is 20.4 Å². The fourth-order valence-corrected chi connectivity index (χ4v) is 3.19. The van der Waals surface area contributed by atoms with Gasteiger partial charge in [-0.05, 0) is 36.8 Å². The number of fused-ring (bicyclic) bond motifs is 1. The number of imidazole rings is 1. The number of carbonyl (C=O) groups is 1. The van der Waals surface area contributed by atoms with E-state index in [1.807, 2.05) is 43.3 Å². The van der Waals surface area contributed by atoms with E-state index in [1.54, 1.807) is 24.4 Å². The lowest BCUT2D eigenvalue weighted by molar-refractivity contribution is 0.0932. The second-order valence-corrected chi connectivity index (χ2v) is 6.44. The lowest BCUT2D eigenvalue weighted by Crippen LogP contribution is -2.29. The topological polar surface area (TPSA) is 59.8 Å². The van der Waals surface area contributed by atoms with Crippen LogP contribution < -0.4 is 5.32 Å². The summed E-state index contributed by atoms with van der Waals surface area (Å²) in [5.41, 5.74) is 3.55. The molecule has 1 unspecified atom stereocenters. The van der Waals surface area contributed by atoms with Crippen molar-refractivity contribution in [3.8, 4) is 0 Å². The summed E-state index contributed by atoms with van der Waals surface area (Å²) in [7, 11) is 0. The normalized spacial score (nSPS) is 12.0. The Morgan fingerprint density at radius 1 is 1.00 bits per heavy atom. The van der Waals surface area contributed by atoms with Crippen molar-refractivity contribution in [2.45, 2.75) is 19.5 Å². The monoisotopic (exact) mass is 356 g/mol. The van der Waals surface area contributed by atoms with E-state index in [1.165, 1.54) is 5.56 Å². The molecule has 0 radical (unpaired) electrons. The van der Waals surface area contributed by atoms with Crippen LogP contribution in [-0.2, 0) is 6.54 Å². The van der Waals surface area contributed by atoms with Crippen molar-refractivity contribution in [3.63, 3.8) is 0 Å². The van der Waals surface area contributed by atoms with E-state index >= 15 is 0 Å². The summed E-state index contributed by atoms with van der Waals surface area (Å²) in [6.45, 7) is 2.64. The summed E-state index contributed by atoms with van der Waals surface area (Å²) < 4.78 is 2.16. The summed E-state index contributed by atoms with van der Waals surface area (Å²) in [4.78, 5) is 21.4. The van der Waals surface area contributed by atoms with E-state index in [9.17, 15) is 4.79 Å². The number of hydrogen-bond donors (Lipinski definition) is 1. The minimum atomic E-state index is -0.254. The van der Waals surface area contributed by atoms with Crippen molar-refractivity contribution in [1.82, 2.24) is 19.9 Å². The predicted octanol–water partition coefficient (Wildman–Crippen LogP) is 3.97. The first-order chi connectivity index (χ1) is 13.2. The molecule has 134 valence electrons. The molecule has 1 N–H and O–H groups in total. The Hall–Kier alpha value is -3.47. The average Bonchev–Trinajstić information content (AvgIpc) is 3.08. The van der Waals surface area contributed by atoms with Gasteiger partial charge in [-0.25, -0.2) is 4.98 Å². The molecule has 0 saturated heterocycles. The van der Waals surface area contributed by atoms with Crippen LogP contribution in [0.4, 0.5) is 0 Å². The zero-order valence-corrected chi connectivity index (χ0v) is 15.0. The highest BCUT2D eigenvalue weighted by Gasteiger charge is 2.19. The molecule has 4 aromatic rings. The molecule has 0 aliphatic heterocycles. The molecule has 1 atom stereocenters. The Bertz CT molecular complexity index is 1060. The summed E-state index contributed by atoms with van der Waals surface area (Å²) in [6, 6.07) is 23.3.